The third-order valence-corrected chi connectivity index (χ3v) is 9.52. The number of nitrogen functional groups attached to an aromatic ring is 2. The van der Waals surface area contributed by atoms with Crippen molar-refractivity contribution in [1.82, 2.24) is 39.0 Å². The van der Waals surface area contributed by atoms with E-state index in [-0.39, 0.29) is 29.5 Å². The van der Waals surface area contributed by atoms with Crippen LogP contribution in [0.1, 0.15) is 12.5 Å². The van der Waals surface area contributed by atoms with Gasteiger partial charge in [0.2, 0.25) is 5.95 Å². The molecule has 3 fully saturated rings. The van der Waals surface area contributed by atoms with Crippen molar-refractivity contribution in [3.63, 3.8) is 0 Å². The summed E-state index contributed by atoms with van der Waals surface area (Å²) in [7, 11) is -5.00. The number of anilines is 2. The van der Waals surface area contributed by atoms with Crippen molar-refractivity contribution in [2.45, 2.75) is 48.2 Å². The molecule has 2 bridgehead atoms. The van der Waals surface area contributed by atoms with Gasteiger partial charge >= 0.3 is 7.60 Å². The van der Waals surface area contributed by atoms with E-state index in [1.807, 2.05) is 0 Å². The number of nitrogens with two attached hydrogens (primary N) is 2. The summed E-state index contributed by atoms with van der Waals surface area (Å²) in [6, 6.07) is 0. The predicted molar refractivity (Wildman–Crippen MR) is 136 cm³/mol. The molecule has 7 rings (SSSR count). The zero-order chi connectivity index (χ0) is 29.6. The Morgan fingerprint density at radius 3 is 2.67 bits per heavy atom. The van der Waals surface area contributed by atoms with Crippen LogP contribution in [0.15, 0.2) is 23.8 Å². The molecule has 21 heteroatoms. The minimum atomic E-state index is -5.00. The fourth-order valence-corrected chi connectivity index (χ4v) is 7.30. The molecule has 7 heterocycles. The summed E-state index contributed by atoms with van der Waals surface area (Å²) in [5.41, 5.74) is 7.57. The number of rotatable bonds is 7. The summed E-state index contributed by atoms with van der Waals surface area (Å²) in [6.45, 7) is -1.72. The molecule has 8 N–H and O–H groups in total. The standard InChI is InChI=1S/C21H24FN10O9P/c22-8-7(1-33)40-19(32-6-28-10-16(32)29-20(24)30-17(10)35)12(8)42(36,37)39-3-21-2-38-11(13(21)34)18(41-21)31-5-27-9-14(23)25-4-26-15(9)31/h4-8,11-13,18-19,33-34H,1-3H2,(H,36,37)(H2,23,25,26)(H3,24,29,30,35)/t7-,8-,11-,12-,13+,18-,19-,21-/m1/s1. The molecular weight excluding hydrogens is 586 g/mol. The van der Waals surface area contributed by atoms with Gasteiger partial charge in [0.05, 0.1) is 32.5 Å². The average Bonchev–Trinajstić information content (AvgIpc) is 3.75. The van der Waals surface area contributed by atoms with E-state index in [0.717, 1.165) is 10.9 Å². The van der Waals surface area contributed by atoms with Crippen molar-refractivity contribution in [1.29, 1.82) is 0 Å². The Balaban J connectivity index is 1.17. The molecule has 0 saturated carbocycles. The fraction of sp³-hybridized carbons (Fsp3) is 0.524. The minimum Gasteiger partial charge on any atom is -0.394 e. The van der Waals surface area contributed by atoms with Gasteiger partial charge in [0.1, 0.15) is 47.6 Å². The van der Waals surface area contributed by atoms with Crippen LogP contribution in [-0.4, -0.2) is 110 Å². The maximum Gasteiger partial charge on any atom is 0.338 e. The smallest absolute Gasteiger partial charge is 0.338 e. The summed E-state index contributed by atoms with van der Waals surface area (Å²) < 4.78 is 54.7. The Morgan fingerprint density at radius 1 is 1.17 bits per heavy atom. The Hall–Kier alpha value is -3.62. The molecule has 0 aliphatic carbocycles. The Morgan fingerprint density at radius 2 is 1.90 bits per heavy atom. The molecule has 3 aliphatic rings. The lowest BCUT2D eigenvalue weighted by molar-refractivity contribution is -0.183. The van der Waals surface area contributed by atoms with Crippen molar-refractivity contribution < 1.29 is 42.8 Å². The van der Waals surface area contributed by atoms with Gasteiger partial charge in [-0.1, -0.05) is 0 Å². The van der Waals surface area contributed by atoms with Crippen molar-refractivity contribution >= 4 is 41.7 Å². The van der Waals surface area contributed by atoms with Gasteiger partial charge in [-0.15, -0.1) is 0 Å². The highest BCUT2D eigenvalue weighted by Crippen LogP contribution is 2.59. The van der Waals surface area contributed by atoms with Crippen LogP contribution >= 0.6 is 7.60 Å². The largest absolute Gasteiger partial charge is 0.394 e. The molecule has 1 unspecified atom stereocenters. The molecule has 4 aromatic rings. The van der Waals surface area contributed by atoms with Crippen LogP contribution in [0.5, 0.6) is 0 Å². The molecule has 9 atom stereocenters. The summed E-state index contributed by atoms with van der Waals surface area (Å²) in [5.74, 6) is -0.148. The number of aromatic amines is 1. The molecule has 0 radical (unpaired) electrons. The van der Waals surface area contributed by atoms with Gasteiger partial charge in [-0.3, -0.25) is 23.5 Å². The van der Waals surface area contributed by atoms with Crippen LogP contribution in [0.3, 0.4) is 0 Å². The summed E-state index contributed by atoms with van der Waals surface area (Å²) >= 11 is 0. The molecule has 0 aromatic carbocycles. The van der Waals surface area contributed by atoms with Gasteiger partial charge in [0, 0.05) is 0 Å². The molecule has 4 aromatic heterocycles. The first-order valence-electron chi connectivity index (χ1n) is 12.5. The van der Waals surface area contributed by atoms with Gasteiger partial charge in [-0.25, -0.2) is 24.3 Å². The number of H-pyrrole nitrogens is 1. The number of imidazole rings is 2. The van der Waals surface area contributed by atoms with Crippen LogP contribution in [0, 0.1) is 0 Å². The van der Waals surface area contributed by atoms with Crippen LogP contribution in [0.25, 0.3) is 22.3 Å². The van der Waals surface area contributed by atoms with Crippen LogP contribution < -0.4 is 17.0 Å². The Labute approximate surface area is 232 Å². The number of hydrogen-bond donors (Lipinski definition) is 6. The van der Waals surface area contributed by atoms with Gasteiger partial charge < -0.3 is 45.3 Å². The number of nitrogens with zero attached hydrogens (tertiary/aromatic N) is 7. The molecule has 3 aliphatic heterocycles. The van der Waals surface area contributed by atoms with E-state index in [2.05, 4.69) is 29.9 Å². The van der Waals surface area contributed by atoms with Crippen molar-refractivity contribution in [2.24, 2.45) is 0 Å². The molecule has 3 saturated heterocycles. The normalized spacial score (nSPS) is 34.0. The first kappa shape index (κ1) is 27.2. The topological polar surface area (TPSA) is 274 Å². The van der Waals surface area contributed by atoms with Gasteiger partial charge in [0.25, 0.3) is 5.56 Å². The zero-order valence-corrected chi connectivity index (χ0v) is 22.2. The maximum atomic E-state index is 15.6. The second-order valence-corrected chi connectivity index (χ2v) is 12.2. The molecule has 224 valence electrons. The van der Waals surface area contributed by atoms with Crippen LogP contribution in [0.2, 0.25) is 0 Å². The van der Waals surface area contributed by atoms with E-state index in [4.69, 9.17) is 30.2 Å². The van der Waals surface area contributed by atoms with E-state index in [0.29, 0.717) is 11.2 Å². The Kier molecular flexibility index (Phi) is 6.12. The second-order valence-electron chi connectivity index (χ2n) is 10.2. The Bertz CT molecular complexity index is 1800. The number of fused-ring (bicyclic) bond motifs is 4. The molecule has 0 spiro atoms. The highest BCUT2D eigenvalue weighted by atomic mass is 31.2. The van der Waals surface area contributed by atoms with Gasteiger partial charge in [-0.2, -0.15) is 4.98 Å². The predicted octanol–water partition coefficient (Wildman–Crippen LogP) is -2.05. The third-order valence-electron chi connectivity index (χ3n) is 7.73. The number of halogens is 1. The third kappa shape index (κ3) is 3.88. The highest BCUT2D eigenvalue weighted by Gasteiger charge is 2.64. The zero-order valence-electron chi connectivity index (χ0n) is 21.3. The quantitative estimate of drug-likeness (QED) is 0.123. The second kappa shape index (κ2) is 9.44. The highest BCUT2D eigenvalue weighted by molar-refractivity contribution is 7.53. The number of aliphatic hydroxyl groups excluding tert-OH is 2. The molecule has 42 heavy (non-hydrogen) atoms. The molecule has 19 nitrogen and oxygen atoms in total. The maximum absolute atomic E-state index is 15.6. The minimum absolute atomic E-state index is 0.131. The number of aromatic nitrogens is 8. The number of aliphatic hydroxyl groups is 2. The summed E-state index contributed by atoms with van der Waals surface area (Å²) in [6.07, 6.45) is -4.81. The summed E-state index contributed by atoms with van der Waals surface area (Å²) in [4.78, 5) is 45.8. The van der Waals surface area contributed by atoms with Gasteiger partial charge in [0.15, 0.2) is 35.1 Å². The SMILES string of the molecule is Nc1nc2c(ncn2[C@@H]2O[C@H](CO)[C@@H](F)[C@H]2P(=O)(O)OC[C@@]23CO[C@@H]([C@H](n4cnc5c(N)ncnc54)O2)[C@@H]3O)c(=O)[nH]1. The van der Waals surface area contributed by atoms with E-state index in [1.54, 1.807) is 0 Å². The van der Waals surface area contributed by atoms with E-state index in [1.165, 1.54) is 17.2 Å². The van der Waals surface area contributed by atoms with Crippen molar-refractivity contribution in [3.05, 3.63) is 29.3 Å². The molecule has 0 amide bonds. The van der Waals surface area contributed by atoms with E-state index < -0.39 is 74.6 Å². The van der Waals surface area contributed by atoms with Crippen LogP contribution in [0.4, 0.5) is 16.2 Å². The van der Waals surface area contributed by atoms with Crippen LogP contribution in [-0.2, 0) is 23.3 Å². The van der Waals surface area contributed by atoms with Gasteiger partial charge in [-0.05, 0) is 0 Å². The fourth-order valence-electron chi connectivity index (χ4n) is 5.64. The number of nitrogens with one attached hydrogen (secondary N) is 1. The van der Waals surface area contributed by atoms with E-state index in [9.17, 15) is 24.5 Å². The van der Waals surface area contributed by atoms with Crippen molar-refractivity contribution in [3.8, 4) is 0 Å². The molecular formula is C21H24FN10O9P. The lowest BCUT2D eigenvalue weighted by Gasteiger charge is -2.32. The van der Waals surface area contributed by atoms with E-state index >= 15 is 4.39 Å². The lowest BCUT2D eigenvalue weighted by Crippen LogP contribution is -2.45. The summed E-state index contributed by atoms with van der Waals surface area (Å²) in [5, 5.41) is 20.7. The monoisotopic (exact) mass is 610 g/mol. The number of hydrogen-bond acceptors (Lipinski definition) is 15. The first-order chi connectivity index (χ1) is 20.0. The average molecular weight is 610 g/mol. The lowest BCUT2D eigenvalue weighted by atomic mass is 10.0. The van der Waals surface area contributed by atoms with Crippen molar-refractivity contribution in [2.75, 3.05) is 31.3 Å². The first-order valence-corrected chi connectivity index (χ1v) is 14.2. The number of alkyl halides is 1. The number of ether oxygens (including phenoxy) is 3.